The van der Waals surface area contributed by atoms with Gasteiger partial charge in [0.1, 0.15) is 19.3 Å². The van der Waals surface area contributed by atoms with E-state index < -0.39 is 97.5 Å². The van der Waals surface area contributed by atoms with Gasteiger partial charge in [-0.25, -0.2) is 9.13 Å². The molecular weight excluding hydrogens is 1440 g/mol. The van der Waals surface area contributed by atoms with E-state index in [4.69, 9.17) is 37.0 Å². The molecule has 0 aromatic rings. The van der Waals surface area contributed by atoms with Crippen molar-refractivity contribution in [3.8, 4) is 0 Å². The van der Waals surface area contributed by atoms with Crippen LogP contribution < -0.4 is 0 Å². The fourth-order valence-corrected chi connectivity index (χ4v) is 15.9. The number of phosphoric ester groups is 2. The Bertz CT molecular complexity index is 2150. The highest BCUT2D eigenvalue weighted by molar-refractivity contribution is 7.47. The van der Waals surface area contributed by atoms with Gasteiger partial charge in [0.05, 0.1) is 26.4 Å². The van der Waals surface area contributed by atoms with Crippen molar-refractivity contribution in [3.05, 3.63) is 0 Å². The fourth-order valence-electron chi connectivity index (χ4n) is 14.3. The van der Waals surface area contributed by atoms with E-state index in [-0.39, 0.29) is 25.7 Å². The third kappa shape index (κ3) is 82.9. The van der Waals surface area contributed by atoms with Gasteiger partial charge in [-0.2, -0.15) is 0 Å². The Hall–Kier alpha value is -1.94. The first-order chi connectivity index (χ1) is 53.7. The minimum absolute atomic E-state index is 0.107. The third-order valence-electron chi connectivity index (χ3n) is 22.3. The van der Waals surface area contributed by atoms with Crippen molar-refractivity contribution in [2.75, 3.05) is 39.6 Å². The molecule has 0 bridgehead atoms. The molecule has 0 aliphatic carbocycles. The molecule has 7 atom stereocenters. The number of carbonyl (C=O) groups excluding carboxylic acids is 4. The van der Waals surface area contributed by atoms with Crippen LogP contribution in [0.1, 0.15) is 486 Å². The van der Waals surface area contributed by atoms with Gasteiger partial charge >= 0.3 is 39.5 Å². The lowest BCUT2D eigenvalue weighted by atomic mass is 9.99. The van der Waals surface area contributed by atoms with Crippen LogP contribution >= 0.6 is 15.6 Å². The zero-order valence-corrected chi connectivity index (χ0v) is 75.4. The summed E-state index contributed by atoms with van der Waals surface area (Å²) in [5, 5.41) is 10.7. The van der Waals surface area contributed by atoms with Gasteiger partial charge in [-0.3, -0.25) is 37.3 Å². The first-order valence-electron chi connectivity index (χ1n) is 47.3. The molecule has 17 nitrogen and oxygen atoms in total. The molecule has 0 aliphatic heterocycles. The molecule has 0 aromatic heterocycles. The number of phosphoric acid groups is 2. The molecule has 5 unspecified atom stereocenters. The summed E-state index contributed by atoms with van der Waals surface area (Å²) in [7, 11) is -9.94. The number of hydrogen-bond acceptors (Lipinski definition) is 15. The van der Waals surface area contributed by atoms with Crippen LogP contribution in [0.2, 0.25) is 0 Å². The number of ether oxygens (including phenoxy) is 4. The summed E-state index contributed by atoms with van der Waals surface area (Å²) >= 11 is 0. The van der Waals surface area contributed by atoms with E-state index in [2.05, 4.69) is 55.4 Å². The van der Waals surface area contributed by atoms with Gasteiger partial charge in [-0.1, -0.05) is 434 Å². The molecular formula is C92H180O17P2. The SMILES string of the molecule is CCC(C)CCCCCCCCCCCCCCCCCCCCC(=O)O[C@H](COC(=O)CCCCCCCCCCCCCCCCC(C)CC)COP(=O)(O)OCC(O)COP(=O)(O)OC[C@@H](COC(=O)CCCCCCCCCC(C)C)OC(=O)CCCCCCCCCCCCCCCCCCCCC(C)C. The van der Waals surface area contributed by atoms with Gasteiger partial charge in [-0.15, -0.1) is 0 Å². The molecule has 0 fully saturated rings. The molecule has 19 heteroatoms. The number of carbonyl (C=O) groups is 4. The van der Waals surface area contributed by atoms with Crippen LogP contribution in [0.3, 0.4) is 0 Å². The fraction of sp³-hybridized carbons (Fsp3) is 0.957. The van der Waals surface area contributed by atoms with Gasteiger partial charge in [0, 0.05) is 25.7 Å². The van der Waals surface area contributed by atoms with Crippen molar-refractivity contribution in [1.29, 1.82) is 0 Å². The second-order valence-corrected chi connectivity index (χ2v) is 37.4. The van der Waals surface area contributed by atoms with Crippen LogP contribution in [0.15, 0.2) is 0 Å². The highest BCUT2D eigenvalue weighted by Crippen LogP contribution is 2.45. The first-order valence-corrected chi connectivity index (χ1v) is 50.3. The van der Waals surface area contributed by atoms with E-state index >= 15 is 0 Å². The monoisotopic (exact) mass is 1620 g/mol. The summed E-state index contributed by atoms with van der Waals surface area (Å²) in [5.41, 5.74) is 0. The molecule has 0 aliphatic rings. The number of unbranched alkanes of at least 4 members (excludes halogenated alkanes) is 53. The maximum atomic E-state index is 13.2. The Balaban J connectivity index is 5.21. The molecule has 0 radical (unpaired) electrons. The largest absolute Gasteiger partial charge is 0.472 e. The van der Waals surface area contributed by atoms with Crippen LogP contribution in [-0.4, -0.2) is 96.7 Å². The van der Waals surface area contributed by atoms with E-state index in [1.807, 2.05) is 0 Å². The van der Waals surface area contributed by atoms with Crippen LogP contribution in [0.4, 0.5) is 0 Å². The lowest BCUT2D eigenvalue weighted by Gasteiger charge is -2.21. The Morgan fingerprint density at radius 1 is 0.252 bits per heavy atom. The zero-order valence-electron chi connectivity index (χ0n) is 73.6. The zero-order chi connectivity index (χ0) is 81.6. The molecule has 0 spiro atoms. The van der Waals surface area contributed by atoms with Gasteiger partial charge in [0.2, 0.25) is 0 Å². The summed E-state index contributed by atoms with van der Waals surface area (Å²) in [6, 6.07) is 0. The molecule has 0 amide bonds. The van der Waals surface area contributed by atoms with Gasteiger partial charge in [0.15, 0.2) is 12.2 Å². The molecule has 0 heterocycles. The summed E-state index contributed by atoms with van der Waals surface area (Å²) in [5.74, 6) is 1.14. The minimum atomic E-state index is -4.97. The van der Waals surface area contributed by atoms with Crippen molar-refractivity contribution in [3.63, 3.8) is 0 Å². The topological polar surface area (TPSA) is 237 Å². The Labute approximate surface area is 683 Å². The highest BCUT2D eigenvalue weighted by atomic mass is 31.2. The van der Waals surface area contributed by atoms with Crippen molar-refractivity contribution < 1.29 is 80.2 Å². The van der Waals surface area contributed by atoms with Gasteiger partial charge in [0.25, 0.3) is 0 Å². The maximum Gasteiger partial charge on any atom is 0.472 e. The standard InChI is InChI=1S/C92H180O17P2/c1-9-84(7)70-62-54-46-38-32-26-20-16-12-14-18-22-30-36-42-50-58-66-74-91(96)108-87(78-102-89(94)72-64-56-48-40-34-28-24-23-27-33-39-47-55-63-71-85(8)10-2)80-106-110(98,99)104-76-86(93)77-105-111(100,101)107-81-88(79-103-90(95)73-65-57-51-43-45-53-61-69-83(5)6)109-92(97)75-67-59-49-41-35-29-21-17-13-11-15-19-25-31-37-44-52-60-68-82(3)4/h82-88,93H,9-81H2,1-8H3,(H,98,99)(H,100,101)/t84?,85?,86?,87-,88-/m1/s1. The predicted octanol–water partition coefficient (Wildman–Crippen LogP) is 28.3. The molecule has 3 N–H and O–H groups in total. The molecule has 660 valence electrons. The minimum Gasteiger partial charge on any atom is -0.462 e. The Kier molecular flexibility index (Phi) is 79.1. The number of aliphatic hydroxyl groups is 1. The number of aliphatic hydroxyl groups excluding tert-OH is 1. The lowest BCUT2D eigenvalue weighted by Crippen LogP contribution is -2.30. The number of esters is 4. The quantitative estimate of drug-likeness (QED) is 0.0222. The van der Waals surface area contributed by atoms with E-state index in [0.29, 0.717) is 31.6 Å². The maximum absolute atomic E-state index is 13.2. The highest BCUT2D eigenvalue weighted by Gasteiger charge is 2.31. The third-order valence-corrected chi connectivity index (χ3v) is 24.2. The van der Waals surface area contributed by atoms with E-state index in [1.165, 1.54) is 283 Å². The summed E-state index contributed by atoms with van der Waals surface area (Å²) in [4.78, 5) is 73.4. The van der Waals surface area contributed by atoms with Crippen LogP contribution in [0.25, 0.3) is 0 Å². The van der Waals surface area contributed by atoms with E-state index in [1.54, 1.807) is 0 Å². The summed E-state index contributed by atoms with van der Waals surface area (Å²) < 4.78 is 69.1. The van der Waals surface area contributed by atoms with Crippen molar-refractivity contribution >= 4 is 39.5 Å². The summed E-state index contributed by atoms with van der Waals surface area (Å²) in [6.45, 7) is 14.4. The molecule has 111 heavy (non-hydrogen) atoms. The normalized spacial score (nSPS) is 14.3. The Morgan fingerprint density at radius 2 is 0.432 bits per heavy atom. The molecule has 0 aromatic carbocycles. The smallest absolute Gasteiger partial charge is 0.462 e. The van der Waals surface area contributed by atoms with E-state index in [0.717, 1.165) is 114 Å². The second-order valence-electron chi connectivity index (χ2n) is 34.5. The van der Waals surface area contributed by atoms with Gasteiger partial charge < -0.3 is 33.8 Å². The van der Waals surface area contributed by atoms with Crippen molar-refractivity contribution in [1.82, 2.24) is 0 Å². The average molecular weight is 1620 g/mol. The van der Waals surface area contributed by atoms with Crippen LogP contribution in [-0.2, 0) is 65.4 Å². The lowest BCUT2D eigenvalue weighted by molar-refractivity contribution is -0.161. The van der Waals surface area contributed by atoms with Crippen molar-refractivity contribution in [2.45, 2.75) is 504 Å². The first kappa shape index (κ1) is 109. The number of hydrogen-bond donors (Lipinski definition) is 3. The molecule has 0 rings (SSSR count). The Morgan fingerprint density at radius 3 is 0.640 bits per heavy atom. The summed E-state index contributed by atoms with van der Waals surface area (Å²) in [6.07, 6.45) is 72.3. The van der Waals surface area contributed by atoms with Crippen LogP contribution in [0, 0.1) is 23.7 Å². The second kappa shape index (κ2) is 80.5. The average Bonchev–Trinajstić information content (AvgIpc) is 0.899. The van der Waals surface area contributed by atoms with Crippen molar-refractivity contribution in [2.24, 2.45) is 23.7 Å². The number of rotatable bonds is 89. The molecule has 0 saturated heterocycles. The predicted molar refractivity (Wildman–Crippen MR) is 460 cm³/mol. The van der Waals surface area contributed by atoms with E-state index in [9.17, 15) is 43.2 Å². The van der Waals surface area contributed by atoms with Gasteiger partial charge in [-0.05, 0) is 49.4 Å². The molecule has 0 saturated carbocycles. The van der Waals surface area contributed by atoms with Crippen LogP contribution in [0.5, 0.6) is 0 Å².